The van der Waals surface area contributed by atoms with E-state index >= 15 is 0 Å². The summed E-state index contributed by atoms with van der Waals surface area (Å²) >= 11 is 3.26. The average Bonchev–Trinajstić information content (AvgIpc) is 2.28. The molecule has 0 bridgehead atoms. The van der Waals surface area contributed by atoms with Gasteiger partial charge in [-0.2, -0.15) is 4.98 Å². The summed E-state index contributed by atoms with van der Waals surface area (Å²) in [5, 5.41) is 18.1. The number of rotatable bonds is 2. The largest absolute Gasteiger partial charge is 0.493 e. The van der Waals surface area contributed by atoms with Gasteiger partial charge in [-0.25, -0.2) is 9.78 Å². The summed E-state index contributed by atoms with van der Waals surface area (Å²) in [4.78, 5) is 22.2. The molecule has 0 atom stereocenters. The lowest BCUT2D eigenvalue weighted by molar-refractivity contribution is 0.0692. The van der Waals surface area contributed by atoms with Crippen LogP contribution >= 0.6 is 15.9 Å². The third-order valence-electron chi connectivity index (χ3n) is 1.95. The van der Waals surface area contributed by atoms with Gasteiger partial charge < -0.3 is 10.2 Å². The summed E-state index contributed by atoms with van der Waals surface area (Å²) < 4.78 is 0.785. The van der Waals surface area contributed by atoms with Crippen molar-refractivity contribution in [3.05, 3.63) is 34.6 Å². The van der Waals surface area contributed by atoms with Gasteiger partial charge in [0.25, 0.3) is 0 Å². The molecule has 2 N–H and O–H groups in total. The molecule has 0 radical (unpaired) electrons. The Bertz CT molecular complexity index is 589. The average molecular weight is 296 g/mol. The predicted octanol–water partition coefficient (Wildman–Crippen LogP) is 1.70. The molecule has 0 saturated heterocycles. The highest BCUT2D eigenvalue weighted by atomic mass is 79.9. The van der Waals surface area contributed by atoms with Gasteiger partial charge in [-0.3, -0.25) is 4.98 Å². The standard InChI is InChI=1S/C10H6BrN3O3/c11-5-1-2-12-7(3-5)8-13-4-6(10(16)17)9(15)14-8/h1-4H,(H,16,17)(H,13,14,15). The molecule has 2 heterocycles. The fourth-order valence-corrected chi connectivity index (χ4v) is 1.51. The number of carboxylic acid groups (broad SMARTS) is 1. The Kier molecular flexibility index (Phi) is 3.01. The van der Waals surface area contributed by atoms with Crippen LogP contribution in [0.2, 0.25) is 0 Å². The van der Waals surface area contributed by atoms with Gasteiger partial charge in [0.1, 0.15) is 11.3 Å². The van der Waals surface area contributed by atoms with Crippen LogP contribution in [0.4, 0.5) is 0 Å². The summed E-state index contributed by atoms with van der Waals surface area (Å²) in [6, 6.07) is 3.39. The van der Waals surface area contributed by atoms with Gasteiger partial charge in [0.05, 0.1) is 0 Å². The second kappa shape index (κ2) is 4.46. The summed E-state index contributed by atoms with van der Waals surface area (Å²) in [7, 11) is 0. The minimum atomic E-state index is -1.28. The fourth-order valence-electron chi connectivity index (χ4n) is 1.17. The Morgan fingerprint density at radius 2 is 2.12 bits per heavy atom. The van der Waals surface area contributed by atoms with Crippen LogP contribution in [0.3, 0.4) is 0 Å². The molecule has 2 rings (SSSR count). The number of hydrogen-bond donors (Lipinski definition) is 2. The van der Waals surface area contributed by atoms with Gasteiger partial charge in [-0.1, -0.05) is 15.9 Å². The molecule has 2 aromatic heterocycles. The molecule has 0 saturated carbocycles. The first kappa shape index (κ1) is 11.5. The quantitative estimate of drug-likeness (QED) is 0.875. The van der Waals surface area contributed by atoms with Crippen LogP contribution in [0.1, 0.15) is 10.4 Å². The zero-order valence-corrected chi connectivity index (χ0v) is 9.92. The third-order valence-corrected chi connectivity index (χ3v) is 2.44. The maximum atomic E-state index is 10.7. The number of nitrogens with zero attached hydrogens (tertiary/aromatic N) is 3. The minimum Gasteiger partial charge on any atom is -0.493 e. The van der Waals surface area contributed by atoms with E-state index in [4.69, 9.17) is 5.11 Å². The minimum absolute atomic E-state index is 0.161. The Balaban J connectivity index is 2.48. The number of halogens is 1. The van der Waals surface area contributed by atoms with E-state index < -0.39 is 11.8 Å². The van der Waals surface area contributed by atoms with Crippen LogP contribution in [0.5, 0.6) is 5.88 Å². The Hall–Kier alpha value is -2.02. The molecule has 0 aromatic carbocycles. The van der Waals surface area contributed by atoms with E-state index in [-0.39, 0.29) is 11.4 Å². The van der Waals surface area contributed by atoms with E-state index in [0.717, 1.165) is 10.7 Å². The molecule has 0 unspecified atom stereocenters. The van der Waals surface area contributed by atoms with Crippen LogP contribution < -0.4 is 0 Å². The second-order valence-corrected chi connectivity index (χ2v) is 4.01. The number of aromatic nitrogens is 3. The maximum absolute atomic E-state index is 10.7. The van der Waals surface area contributed by atoms with Crippen molar-refractivity contribution in [3.8, 4) is 17.4 Å². The van der Waals surface area contributed by atoms with Crippen LogP contribution in [0.25, 0.3) is 11.5 Å². The number of aromatic carboxylic acids is 1. The molecular formula is C10H6BrN3O3. The first-order valence-corrected chi connectivity index (χ1v) is 5.28. The molecular weight excluding hydrogens is 290 g/mol. The summed E-state index contributed by atoms with van der Waals surface area (Å²) in [5.41, 5.74) is 0.0929. The first-order valence-electron chi connectivity index (χ1n) is 4.49. The second-order valence-electron chi connectivity index (χ2n) is 3.10. The lowest BCUT2D eigenvalue weighted by atomic mass is 10.3. The zero-order valence-electron chi connectivity index (χ0n) is 8.33. The molecule has 17 heavy (non-hydrogen) atoms. The van der Waals surface area contributed by atoms with Crippen molar-refractivity contribution in [2.75, 3.05) is 0 Å². The Labute approximate surface area is 104 Å². The van der Waals surface area contributed by atoms with Crippen LogP contribution in [-0.4, -0.2) is 31.1 Å². The van der Waals surface area contributed by atoms with Crippen LogP contribution in [0.15, 0.2) is 29.0 Å². The highest BCUT2D eigenvalue weighted by Crippen LogP contribution is 2.20. The van der Waals surface area contributed by atoms with E-state index in [2.05, 4.69) is 30.9 Å². The Morgan fingerprint density at radius 3 is 2.71 bits per heavy atom. The van der Waals surface area contributed by atoms with Gasteiger partial charge in [0.15, 0.2) is 5.82 Å². The first-order chi connectivity index (χ1) is 8.08. The summed E-state index contributed by atoms with van der Waals surface area (Å²) in [6.07, 6.45) is 2.59. The van der Waals surface area contributed by atoms with E-state index in [9.17, 15) is 9.90 Å². The number of carboxylic acids is 1. The number of aromatic hydroxyl groups is 1. The lowest BCUT2D eigenvalue weighted by Crippen LogP contribution is -2.01. The maximum Gasteiger partial charge on any atom is 0.342 e. The van der Waals surface area contributed by atoms with Crippen LogP contribution in [0, 0.1) is 0 Å². The highest BCUT2D eigenvalue weighted by Gasteiger charge is 2.13. The van der Waals surface area contributed by atoms with Gasteiger partial charge in [-0.05, 0) is 12.1 Å². The monoisotopic (exact) mass is 295 g/mol. The number of hydrogen-bond acceptors (Lipinski definition) is 5. The van der Waals surface area contributed by atoms with Crippen molar-refractivity contribution in [1.82, 2.24) is 15.0 Å². The van der Waals surface area contributed by atoms with Crippen molar-refractivity contribution in [2.24, 2.45) is 0 Å². The number of pyridine rings is 1. The van der Waals surface area contributed by atoms with Crippen molar-refractivity contribution >= 4 is 21.9 Å². The smallest absolute Gasteiger partial charge is 0.342 e. The molecule has 0 aliphatic rings. The van der Waals surface area contributed by atoms with Crippen molar-refractivity contribution < 1.29 is 15.0 Å². The molecule has 6 nitrogen and oxygen atoms in total. The van der Waals surface area contributed by atoms with Gasteiger partial charge in [-0.15, -0.1) is 0 Å². The number of carbonyl (C=O) groups is 1. The van der Waals surface area contributed by atoms with E-state index in [0.29, 0.717) is 5.69 Å². The summed E-state index contributed by atoms with van der Waals surface area (Å²) in [6.45, 7) is 0. The molecule has 0 amide bonds. The lowest BCUT2D eigenvalue weighted by Gasteiger charge is -2.02. The van der Waals surface area contributed by atoms with Gasteiger partial charge >= 0.3 is 5.97 Å². The molecule has 0 fully saturated rings. The molecule has 7 heteroatoms. The highest BCUT2D eigenvalue weighted by molar-refractivity contribution is 9.10. The van der Waals surface area contributed by atoms with Gasteiger partial charge in [0, 0.05) is 16.9 Å². The van der Waals surface area contributed by atoms with E-state index in [1.807, 2.05) is 0 Å². The molecule has 2 aromatic rings. The van der Waals surface area contributed by atoms with E-state index in [1.54, 1.807) is 18.3 Å². The Morgan fingerprint density at radius 1 is 1.35 bits per heavy atom. The molecule has 0 aliphatic carbocycles. The van der Waals surface area contributed by atoms with Gasteiger partial charge in [0.2, 0.25) is 5.88 Å². The normalized spacial score (nSPS) is 10.2. The fraction of sp³-hybridized carbons (Fsp3) is 0. The zero-order chi connectivity index (χ0) is 12.4. The van der Waals surface area contributed by atoms with Crippen molar-refractivity contribution in [2.45, 2.75) is 0 Å². The topological polar surface area (TPSA) is 96.2 Å². The van der Waals surface area contributed by atoms with E-state index in [1.165, 1.54) is 0 Å². The molecule has 0 aliphatic heterocycles. The van der Waals surface area contributed by atoms with Crippen LogP contribution in [-0.2, 0) is 0 Å². The predicted molar refractivity (Wildman–Crippen MR) is 61.6 cm³/mol. The summed E-state index contributed by atoms with van der Waals surface area (Å²) in [5.74, 6) is -1.70. The SMILES string of the molecule is O=C(O)c1cnc(-c2cc(Br)ccn2)nc1O. The van der Waals surface area contributed by atoms with Crippen molar-refractivity contribution in [3.63, 3.8) is 0 Å². The third kappa shape index (κ3) is 2.39. The molecule has 0 spiro atoms. The molecule has 86 valence electrons. The van der Waals surface area contributed by atoms with Crippen molar-refractivity contribution in [1.29, 1.82) is 0 Å².